The molecular formula is C12H12Cl2N2O3. The second-order valence-electron chi connectivity index (χ2n) is 4.35. The molecule has 0 bridgehead atoms. The summed E-state index contributed by atoms with van der Waals surface area (Å²) in [6.07, 6.45) is 4.62. The molecule has 0 radical (unpaired) electrons. The van der Waals surface area contributed by atoms with Gasteiger partial charge in [0.15, 0.2) is 0 Å². The van der Waals surface area contributed by atoms with E-state index in [1.807, 2.05) is 12.2 Å². The Morgan fingerprint density at radius 1 is 1.37 bits per heavy atom. The molecule has 0 unspecified atom stereocenters. The minimum Gasteiger partial charge on any atom is -0.396 e. The lowest BCUT2D eigenvalue weighted by atomic mass is 10.1. The van der Waals surface area contributed by atoms with Crippen molar-refractivity contribution in [1.82, 2.24) is 0 Å². The Morgan fingerprint density at radius 3 is 2.68 bits per heavy atom. The molecule has 0 fully saturated rings. The second kappa shape index (κ2) is 5.77. The Bertz CT molecular complexity index is 534. The van der Waals surface area contributed by atoms with Gasteiger partial charge in [0.25, 0.3) is 5.69 Å². The van der Waals surface area contributed by atoms with Gasteiger partial charge >= 0.3 is 0 Å². The van der Waals surface area contributed by atoms with Crippen LogP contribution in [-0.2, 0) is 0 Å². The summed E-state index contributed by atoms with van der Waals surface area (Å²) in [5, 5.41) is 23.2. The molecular weight excluding hydrogens is 291 g/mol. The third-order valence-corrected chi connectivity index (χ3v) is 3.60. The molecule has 0 saturated heterocycles. The molecule has 1 aliphatic rings. The summed E-state index contributed by atoms with van der Waals surface area (Å²) >= 11 is 11.8. The van der Waals surface area contributed by atoms with Crippen LogP contribution in [0.3, 0.4) is 0 Å². The number of benzene rings is 1. The number of hydrogen-bond donors (Lipinski definition) is 2. The van der Waals surface area contributed by atoms with Gasteiger partial charge in [-0.2, -0.15) is 0 Å². The molecule has 0 aliphatic heterocycles. The Kier molecular flexibility index (Phi) is 4.29. The van der Waals surface area contributed by atoms with E-state index >= 15 is 0 Å². The fourth-order valence-corrected chi connectivity index (χ4v) is 2.45. The quantitative estimate of drug-likeness (QED) is 0.508. The third kappa shape index (κ3) is 3.18. The Labute approximate surface area is 120 Å². The van der Waals surface area contributed by atoms with Gasteiger partial charge in [-0.15, -0.1) is 0 Å². The van der Waals surface area contributed by atoms with Crippen LogP contribution in [0.1, 0.15) is 6.42 Å². The molecule has 1 aromatic carbocycles. The van der Waals surface area contributed by atoms with Gasteiger partial charge in [0.2, 0.25) is 0 Å². The molecule has 102 valence electrons. The lowest BCUT2D eigenvalue weighted by molar-refractivity contribution is -0.384. The maximum absolute atomic E-state index is 10.7. The van der Waals surface area contributed by atoms with Crippen molar-refractivity contribution in [2.45, 2.75) is 12.5 Å². The van der Waals surface area contributed by atoms with Crippen LogP contribution in [0.25, 0.3) is 0 Å². The number of hydrogen-bond acceptors (Lipinski definition) is 4. The monoisotopic (exact) mass is 302 g/mol. The van der Waals surface area contributed by atoms with Crippen molar-refractivity contribution in [3.05, 3.63) is 44.4 Å². The maximum atomic E-state index is 10.7. The number of rotatable bonds is 4. The Hall–Kier alpha value is -1.30. The van der Waals surface area contributed by atoms with Crippen molar-refractivity contribution in [2.24, 2.45) is 5.92 Å². The third-order valence-electron chi connectivity index (χ3n) is 2.98. The van der Waals surface area contributed by atoms with E-state index < -0.39 is 4.92 Å². The average Bonchev–Trinajstić information content (AvgIpc) is 2.80. The maximum Gasteiger partial charge on any atom is 0.289 e. The summed E-state index contributed by atoms with van der Waals surface area (Å²) in [5.41, 5.74) is 0.331. The van der Waals surface area contributed by atoms with Gasteiger partial charge in [0.1, 0.15) is 5.02 Å². The molecule has 7 heteroatoms. The van der Waals surface area contributed by atoms with Gasteiger partial charge in [-0.05, 0) is 12.5 Å². The average molecular weight is 303 g/mol. The Balaban J connectivity index is 2.16. The van der Waals surface area contributed by atoms with Crippen LogP contribution < -0.4 is 5.32 Å². The zero-order valence-electron chi connectivity index (χ0n) is 9.85. The van der Waals surface area contributed by atoms with Gasteiger partial charge in [-0.1, -0.05) is 35.4 Å². The zero-order valence-corrected chi connectivity index (χ0v) is 11.4. The van der Waals surface area contributed by atoms with Crippen LogP contribution in [0.2, 0.25) is 10.0 Å². The van der Waals surface area contributed by atoms with Crippen molar-refractivity contribution < 1.29 is 10.0 Å². The van der Waals surface area contributed by atoms with Crippen LogP contribution in [0.15, 0.2) is 24.3 Å². The summed E-state index contributed by atoms with van der Waals surface area (Å²) in [6.45, 7) is 0.101. The summed E-state index contributed by atoms with van der Waals surface area (Å²) in [7, 11) is 0. The van der Waals surface area contributed by atoms with Crippen LogP contribution in [-0.4, -0.2) is 22.7 Å². The Morgan fingerprint density at radius 2 is 2.11 bits per heavy atom. The van der Waals surface area contributed by atoms with E-state index in [9.17, 15) is 10.1 Å². The number of halogens is 2. The van der Waals surface area contributed by atoms with E-state index in [4.69, 9.17) is 28.3 Å². The molecule has 0 heterocycles. The van der Waals surface area contributed by atoms with Crippen molar-refractivity contribution in [2.75, 3.05) is 11.9 Å². The summed E-state index contributed by atoms with van der Waals surface area (Å²) in [6, 6.07) is 2.71. The standard InChI is InChI=1S/C12H12Cl2N2O3/c13-9-5-12(16(18)19)10(14)4-11(9)15-8-2-1-7(3-8)6-17/h1-2,4-5,7-8,15,17H,3,6H2/t7-,8+/m0/s1. The normalized spacial score (nSPS) is 21.6. The zero-order chi connectivity index (χ0) is 14.0. The fraction of sp³-hybridized carbons (Fsp3) is 0.333. The van der Waals surface area contributed by atoms with Crippen LogP contribution in [0.5, 0.6) is 0 Å². The molecule has 19 heavy (non-hydrogen) atoms. The lowest BCUT2D eigenvalue weighted by Crippen LogP contribution is -2.16. The van der Waals surface area contributed by atoms with Crippen LogP contribution in [0, 0.1) is 16.0 Å². The number of aliphatic hydroxyl groups is 1. The highest BCUT2D eigenvalue weighted by Gasteiger charge is 2.21. The first-order chi connectivity index (χ1) is 9.01. The van der Waals surface area contributed by atoms with E-state index in [0.29, 0.717) is 5.69 Å². The molecule has 1 aliphatic carbocycles. The number of aliphatic hydroxyl groups excluding tert-OH is 1. The van der Waals surface area contributed by atoms with Crippen LogP contribution in [0.4, 0.5) is 11.4 Å². The molecule has 0 amide bonds. The molecule has 2 N–H and O–H groups in total. The molecule has 1 aromatic rings. The van der Waals surface area contributed by atoms with E-state index in [-0.39, 0.29) is 34.3 Å². The van der Waals surface area contributed by atoms with E-state index in [2.05, 4.69) is 5.32 Å². The topological polar surface area (TPSA) is 75.4 Å². The minimum atomic E-state index is -0.574. The van der Waals surface area contributed by atoms with E-state index in [1.54, 1.807) is 0 Å². The van der Waals surface area contributed by atoms with Gasteiger partial charge in [0, 0.05) is 24.6 Å². The first-order valence-electron chi connectivity index (χ1n) is 5.70. The predicted octanol–water partition coefficient (Wildman–Crippen LogP) is 3.25. The first-order valence-corrected chi connectivity index (χ1v) is 6.46. The smallest absolute Gasteiger partial charge is 0.289 e. The SMILES string of the molecule is O=[N+]([O-])c1cc(Cl)c(N[C@@H]2C=C[C@H](CO)C2)cc1Cl. The predicted molar refractivity (Wildman–Crippen MR) is 74.9 cm³/mol. The van der Waals surface area contributed by atoms with Crippen molar-refractivity contribution in [1.29, 1.82) is 0 Å². The summed E-state index contributed by atoms with van der Waals surface area (Å²) in [5.74, 6) is 0.129. The molecule has 2 atom stereocenters. The summed E-state index contributed by atoms with van der Waals surface area (Å²) < 4.78 is 0. The molecule has 0 saturated carbocycles. The first kappa shape index (κ1) is 14.1. The fourth-order valence-electron chi connectivity index (χ4n) is 2.00. The highest BCUT2D eigenvalue weighted by Crippen LogP contribution is 2.35. The van der Waals surface area contributed by atoms with Gasteiger partial charge in [-0.3, -0.25) is 10.1 Å². The molecule has 2 rings (SSSR count). The van der Waals surface area contributed by atoms with Crippen molar-refractivity contribution in [3.63, 3.8) is 0 Å². The van der Waals surface area contributed by atoms with Crippen molar-refractivity contribution >= 4 is 34.6 Å². The highest BCUT2D eigenvalue weighted by atomic mass is 35.5. The van der Waals surface area contributed by atoms with Gasteiger partial charge in [0.05, 0.1) is 15.6 Å². The number of nitrogens with one attached hydrogen (secondary N) is 1. The summed E-state index contributed by atoms with van der Waals surface area (Å²) in [4.78, 5) is 10.1. The minimum absolute atomic E-state index is 0.0344. The number of nitro groups is 1. The van der Waals surface area contributed by atoms with E-state index in [1.165, 1.54) is 12.1 Å². The highest BCUT2D eigenvalue weighted by molar-refractivity contribution is 6.36. The molecule has 0 aromatic heterocycles. The number of nitrogens with zero attached hydrogens (tertiary/aromatic N) is 1. The van der Waals surface area contributed by atoms with Crippen LogP contribution >= 0.6 is 23.2 Å². The van der Waals surface area contributed by atoms with Gasteiger partial charge in [-0.25, -0.2) is 0 Å². The second-order valence-corrected chi connectivity index (χ2v) is 5.17. The van der Waals surface area contributed by atoms with Crippen molar-refractivity contribution in [3.8, 4) is 0 Å². The number of anilines is 1. The largest absolute Gasteiger partial charge is 0.396 e. The lowest BCUT2D eigenvalue weighted by Gasteiger charge is -2.15. The number of nitro benzene ring substituents is 1. The molecule has 0 spiro atoms. The van der Waals surface area contributed by atoms with Gasteiger partial charge < -0.3 is 10.4 Å². The van der Waals surface area contributed by atoms with E-state index in [0.717, 1.165) is 6.42 Å². The molecule has 5 nitrogen and oxygen atoms in total.